The minimum atomic E-state index is -0.932. The van der Waals surface area contributed by atoms with Crippen molar-refractivity contribution in [2.45, 2.75) is 26.2 Å². The highest BCUT2D eigenvalue weighted by molar-refractivity contribution is 5.81. The van der Waals surface area contributed by atoms with E-state index in [1.54, 1.807) is 21.0 Å². The molecule has 0 saturated carbocycles. The Morgan fingerprint density at radius 3 is 2.47 bits per heavy atom. The minimum Gasteiger partial charge on any atom is -0.496 e. The summed E-state index contributed by atoms with van der Waals surface area (Å²) in [7, 11) is 1.55. The van der Waals surface area contributed by atoms with Crippen molar-refractivity contribution in [1.29, 1.82) is 0 Å². The van der Waals surface area contributed by atoms with Crippen LogP contribution in [0.2, 0.25) is 0 Å². The highest BCUT2D eigenvalue weighted by Crippen LogP contribution is 2.32. The van der Waals surface area contributed by atoms with Gasteiger partial charge in [0.15, 0.2) is 0 Å². The Labute approximate surface area is 89.7 Å². The van der Waals surface area contributed by atoms with Crippen LogP contribution in [0.1, 0.15) is 25.0 Å². The number of hydrogen-bond donors (Lipinski definition) is 1. The molecule has 0 saturated heterocycles. The lowest BCUT2D eigenvalue weighted by atomic mass is 9.84. The molecule has 1 rings (SSSR count). The number of carbonyl (C=O) groups is 1. The highest BCUT2D eigenvalue weighted by Gasteiger charge is 2.32. The first-order valence-corrected chi connectivity index (χ1v) is 4.78. The number of hydrogen-bond acceptors (Lipinski definition) is 2. The second-order valence-corrected chi connectivity index (χ2v) is 4.13. The van der Waals surface area contributed by atoms with Gasteiger partial charge >= 0.3 is 5.97 Å². The van der Waals surface area contributed by atoms with Crippen LogP contribution in [0, 0.1) is 6.92 Å². The standard InChI is InChI=1S/C12H16O3/c1-8-5-6-9(10(7-8)15-4)12(2,3)11(13)14/h5-7H,1-4H3,(H,13,14). The molecule has 0 radical (unpaired) electrons. The zero-order valence-electron chi connectivity index (χ0n) is 9.50. The van der Waals surface area contributed by atoms with E-state index in [2.05, 4.69) is 0 Å². The predicted molar refractivity (Wildman–Crippen MR) is 58.4 cm³/mol. The first kappa shape index (κ1) is 11.6. The summed E-state index contributed by atoms with van der Waals surface area (Å²) < 4.78 is 5.20. The van der Waals surface area contributed by atoms with Crippen molar-refractivity contribution in [2.75, 3.05) is 7.11 Å². The molecule has 0 fully saturated rings. The van der Waals surface area contributed by atoms with E-state index in [4.69, 9.17) is 9.84 Å². The average Bonchev–Trinajstić information content (AvgIpc) is 2.16. The Bertz CT molecular complexity index is 380. The van der Waals surface area contributed by atoms with Crippen molar-refractivity contribution in [3.8, 4) is 5.75 Å². The summed E-state index contributed by atoms with van der Waals surface area (Å²) in [5.74, 6) is -0.230. The van der Waals surface area contributed by atoms with Gasteiger partial charge in [-0.1, -0.05) is 12.1 Å². The van der Waals surface area contributed by atoms with E-state index in [-0.39, 0.29) is 0 Å². The van der Waals surface area contributed by atoms with Gasteiger partial charge in [0.25, 0.3) is 0 Å². The van der Waals surface area contributed by atoms with Gasteiger partial charge in [0.05, 0.1) is 12.5 Å². The van der Waals surface area contributed by atoms with Gasteiger partial charge < -0.3 is 9.84 Å². The van der Waals surface area contributed by atoms with Gasteiger partial charge in [0.1, 0.15) is 5.75 Å². The summed E-state index contributed by atoms with van der Waals surface area (Å²) in [6.07, 6.45) is 0. The van der Waals surface area contributed by atoms with Crippen LogP contribution in [0.3, 0.4) is 0 Å². The summed E-state index contributed by atoms with van der Waals surface area (Å²) in [6, 6.07) is 5.55. The second kappa shape index (κ2) is 3.93. The fourth-order valence-electron chi connectivity index (χ4n) is 1.43. The quantitative estimate of drug-likeness (QED) is 0.829. The van der Waals surface area contributed by atoms with Crippen LogP contribution in [-0.2, 0) is 10.2 Å². The summed E-state index contributed by atoms with van der Waals surface area (Å²) >= 11 is 0. The molecule has 0 heterocycles. The van der Waals surface area contributed by atoms with Crippen molar-refractivity contribution in [3.05, 3.63) is 29.3 Å². The van der Waals surface area contributed by atoms with Crippen LogP contribution in [0.15, 0.2) is 18.2 Å². The van der Waals surface area contributed by atoms with Crippen molar-refractivity contribution in [1.82, 2.24) is 0 Å². The monoisotopic (exact) mass is 208 g/mol. The molecule has 0 spiro atoms. The molecule has 0 aliphatic carbocycles. The summed E-state index contributed by atoms with van der Waals surface area (Å²) in [5.41, 5.74) is 0.818. The van der Waals surface area contributed by atoms with E-state index < -0.39 is 11.4 Å². The number of methoxy groups -OCH3 is 1. The van der Waals surface area contributed by atoms with Crippen LogP contribution in [0.4, 0.5) is 0 Å². The third kappa shape index (κ3) is 2.12. The van der Waals surface area contributed by atoms with E-state index >= 15 is 0 Å². The molecule has 82 valence electrons. The summed E-state index contributed by atoms with van der Waals surface area (Å²) in [6.45, 7) is 5.28. The van der Waals surface area contributed by atoms with Crippen molar-refractivity contribution >= 4 is 5.97 Å². The number of aryl methyl sites for hydroxylation is 1. The van der Waals surface area contributed by atoms with Gasteiger partial charge in [0, 0.05) is 5.56 Å². The lowest BCUT2D eigenvalue weighted by Gasteiger charge is -2.22. The molecule has 1 aromatic carbocycles. The van der Waals surface area contributed by atoms with E-state index in [9.17, 15) is 4.79 Å². The van der Waals surface area contributed by atoms with Crippen LogP contribution in [0.25, 0.3) is 0 Å². The molecule has 1 N–H and O–H groups in total. The average molecular weight is 208 g/mol. The maximum Gasteiger partial charge on any atom is 0.313 e. The minimum absolute atomic E-state index is 0.627. The van der Waals surface area contributed by atoms with Crippen LogP contribution in [-0.4, -0.2) is 18.2 Å². The first-order valence-electron chi connectivity index (χ1n) is 4.78. The smallest absolute Gasteiger partial charge is 0.313 e. The van der Waals surface area contributed by atoms with Crippen molar-refractivity contribution in [2.24, 2.45) is 0 Å². The zero-order valence-corrected chi connectivity index (χ0v) is 9.50. The van der Waals surface area contributed by atoms with Crippen LogP contribution >= 0.6 is 0 Å². The first-order chi connectivity index (χ1) is 6.89. The molecule has 1 aromatic rings. The number of rotatable bonds is 3. The summed E-state index contributed by atoms with van der Waals surface area (Å²) in [5, 5.41) is 9.13. The SMILES string of the molecule is COc1cc(C)ccc1C(C)(C)C(=O)O. The fraction of sp³-hybridized carbons (Fsp3) is 0.417. The normalized spacial score (nSPS) is 11.2. The number of aliphatic carboxylic acids is 1. The lowest BCUT2D eigenvalue weighted by Crippen LogP contribution is -2.29. The fourth-order valence-corrected chi connectivity index (χ4v) is 1.43. The largest absolute Gasteiger partial charge is 0.496 e. The van der Waals surface area contributed by atoms with Crippen LogP contribution < -0.4 is 4.74 Å². The molecule has 0 atom stereocenters. The Kier molecular flexibility index (Phi) is 3.03. The van der Waals surface area contributed by atoms with Gasteiger partial charge in [-0.15, -0.1) is 0 Å². The maximum absolute atomic E-state index is 11.1. The second-order valence-electron chi connectivity index (χ2n) is 4.13. The molecule has 3 heteroatoms. The number of ether oxygens (including phenoxy) is 1. The van der Waals surface area contributed by atoms with E-state index in [1.165, 1.54) is 0 Å². The molecule has 0 aliphatic rings. The zero-order chi connectivity index (χ0) is 11.6. The molecule has 0 unspecified atom stereocenters. The van der Waals surface area contributed by atoms with Crippen LogP contribution in [0.5, 0.6) is 5.75 Å². The van der Waals surface area contributed by atoms with E-state index in [1.807, 2.05) is 25.1 Å². The Morgan fingerprint density at radius 2 is 2.00 bits per heavy atom. The molecule has 3 nitrogen and oxygen atoms in total. The molecule has 0 bridgehead atoms. The lowest BCUT2D eigenvalue weighted by molar-refractivity contribution is -0.142. The summed E-state index contributed by atoms with van der Waals surface area (Å²) in [4.78, 5) is 11.1. The van der Waals surface area contributed by atoms with Gasteiger partial charge in [-0.2, -0.15) is 0 Å². The number of carboxylic acids is 1. The van der Waals surface area contributed by atoms with Gasteiger partial charge in [0.2, 0.25) is 0 Å². The van der Waals surface area contributed by atoms with Crippen molar-refractivity contribution < 1.29 is 14.6 Å². The Morgan fingerprint density at radius 1 is 1.40 bits per heavy atom. The topological polar surface area (TPSA) is 46.5 Å². The molecule has 15 heavy (non-hydrogen) atoms. The molecular formula is C12H16O3. The third-order valence-electron chi connectivity index (χ3n) is 2.57. The Hall–Kier alpha value is -1.51. The predicted octanol–water partition coefficient (Wildman–Crippen LogP) is 2.37. The Balaban J connectivity index is 3.31. The molecule has 0 aliphatic heterocycles. The van der Waals surface area contributed by atoms with E-state index in [0.29, 0.717) is 11.3 Å². The molecular weight excluding hydrogens is 192 g/mol. The molecule has 0 aromatic heterocycles. The van der Waals surface area contributed by atoms with Gasteiger partial charge in [-0.3, -0.25) is 4.79 Å². The number of carboxylic acid groups (broad SMARTS) is 1. The maximum atomic E-state index is 11.1. The van der Waals surface area contributed by atoms with Gasteiger partial charge in [-0.25, -0.2) is 0 Å². The van der Waals surface area contributed by atoms with E-state index in [0.717, 1.165) is 5.56 Å². The number of benzene rings is 1. The third-order valence-corrected chi connectivity index (χ3v) is 2.57. The molecule has 0 amide bonds. The highest BCUT2D eigenvalue weighted by atomic mass is 16.5. The van der Waals surface area contributed by atoms with Gasteiger partial charge in [-0.05, 0) is 32.4 Å². The van der Waals surface area contributed by atoms with Crippen molar-refractivity contribution in [3.63, 3.8) is 0 Å².